The van der Waals surface area contributed by atoms with Crippen LogP contribution in [0.2, 0.25) is 0 Å². The van der Waals surface area contributed by atoms with E-state index in [9.17, 15) is 14.4 Å². The third-order valence-electron chi connectivity index (χ3n) is 2.86. The summed E-state index contributed by atoms with van der Waals surface area (Å²) in [5, 5.41) is 13.5. The van der Waals surface area contributed by atoms with Gasteiger partial charge in [0.2, 0.25) is 5.91 Å². The first-order valence-corrected chi connectivity index (χ1v) is 8.04. The average molecular weight is 314 g/mol. The average Bonchev–Trinajstić information content (AvgIpc) is 3.09. The van der Waals surface area contributed by atoms with Crippen LogP contribution in [0.3, 0.4) is 0 Å². The van der Waals surface area contributed by atoms with Gasteiger partial charge in [-0.05, 0) is 11.4 Å². The number of thiophene rings is 1. The predicted octanol–water partition coefficient (Wildman–Crippen LogP) is 0.854. The number of rotatable bonds is 5. The molecule has 20 heavy (non-hydrogen) atoms. The summed E-state index contributed by atoms with van der Waals surface area (Å²) in [7, 11) is 0. The second-order valence-electron chi connectivity index (χ2n) is 4.20. The van der Waals surface area contributed by atoms with E-state index in [1.54, 1.807) is 17.5 Å². The van der Waals surface area contributed by atoms with Crippen LogP contribution >= 0.6 is 23.1 Å². The molecule has 108 valence electrons. The number of hydrogen-bond acceptors (Lipinski definition) is 5. The molecular weight excluding hydrogens is 300 g/mol. The predicted molar refractivity (Wildman–Crippen MR) is 76.9 cm³/mol. The fourth-order valence-electron chi connectivity index (χ4n) is 1.81. The van der Waals surface area contributed by atoms with Crippen molar-refractivity contribution in [2.24, 2.45) is 0 Å². The van der Waals surface area contributed by atoms with Crippen LogP contribution in [0.25, 0.3) is 0 Å². The van der Waals surface area contributed by atoms with E-state index in [4.69, 9.17) is 5.11 Å². The third-order valence-corrected chi connectivity index (χ3v) is 4.74. The van der Waals surface area contributed by atoms with Gasteiger partial charge >= 0.3 is 5.97 Å². The van der Waals surface area contributed by atoms with Gasteiger partial charge in [0.15, 0.2) is 0 Å². The maximum absolute atomic E-state index is 11.9. The lowest BCUT2D eigenvalue weighted by molar-refractivity contribution is -0.147. The molecule has 0 saturated carbocycles. The van der Waals surface area contributed by atoms with Gasteiger partial charge in [0.25, 0.3) is 5.91 Å². The number of nitrogens with zero attached hydrogens (tertiary/aromatic N) is 1. The zero-order valence-corrected chi connectivity index (χ0v) is 12.2. The largest absolute Gasteiger partial charge is 0.480 e. The standard InChI is InChI=1S/C12H14N2O4S2/c15-10(14-7-19-6-8(14)12(17)18)3-4-13-11(16)9-2-1-5-20-9/h1-2,5,8H,3-4,6-7H2,(H,13,16)(H,17,18)/t8-/m0/s1. The molecule has 8 heteroatoms. The highest BCUT2D eigenvalue weighted by Crippen LogP contribution is 2.21. The van der Waals surface area contributed by atoms with Crippen LogP contribution in [0.15, 0.2) is 17.5 Å². The molecule has 0 radical (unpaired) electrons. The summed E-state index contributed by atoms with van der Waals surface area (Å²) in [5.41, 5.74) is 0. The number of carbonyl (C=O) groups excluding carboxylic acids is 2. The van der Waals surface area contributed by atoms with E-state index in [0.29, 0.717) is 16.5 Å². The van der Waals surface area contributed by atoms with Gasteiger partial charge in [-0.3, -0.25) is 9.59 Å². The van der Waals surface area contributed by atoms with E-state index in [1.807, 2.05) is 0 Å². The normalized spacial score (nSPS) is 18.0. The quantitative estimate of drug-likeness (QED) is 0.841. The van der Waals surface area contributed by atoms with Crippen LogP contribution in [-0.2, 0) is 9.59 Å². The van der Waals surface area contributed by atoms with Gasteiger partial charge in [0.1, 0.15) is 6.04 Å². The molecule has 2 amide bonds. The molecule has 1 aliphatic rings. The van der Waals surface area contributed by atoms with Crippen LogP contribution in [0.5, 0.6) is 0 Å². The first-order valence-electron chi connectivity index (χ1n) is 6.01. The number of nitrogens with one attached hydrogen (secondary N) is 1. The smallest absolute Gasteiger partial charge is 0.327 e. The fraction of sp³-hybridized carbons (Fsp3) is 0.417. The highest BCUT2D eigenvalue weighted by molar-refractivity contribution is 7.99. The van der Waals surface area contributed by atoms with E-state index < -0.39 is 12.0 Å². The third kappa shape index (κ3) is 3.51. The van der Waals surface area contributed by atoms with Crippen molar-refractivity contribution in [3.05, 3.63) is 22.4 Å². The van der Waals surface area contributed by atoms with Gasteiger partial charge in [0, 0.05) is 18.7 Å². The molecule has 1 fully saturated rings. The SMILES string of the molecule is O=C(NCCC(=O)N1CSC[C@H]1C(=O)O)c1cccs1. The molecule has 0 aromatic carbocycles. The van der Waals surface area contributed by atoms with Crippen molar-refractivity contribution >= 4 is 40.9 Å². The summed E-state index contributed by atoms with van der Waals surface area (Å²) in [5.74, 6) is -0.615. The van der Waals surface area contributed by atoms with E-state index in [1.165, 1.54) is 28.0 Å². The highest BCUT2D eigenvalue weighted by Gasteiger charge is 2.34. The zero-order chi connectivity index (χ0) is 14.5. The first-order chi connectivity index (χ1) is 9.59. The molecule has 0 aliphatic carbocycles. The van der Waals surface area contributed by atoms with Gasteiger partial charge in [-0.15, -0.1) is 23.1 Å². The zero-order valence-electron chi connectivity index (χ0n) is 10.6. The van der Waals surface area contributed by atoms with Crippen molar-refractivity contribution in [3.63, 3.8) is 0 Å². The number of aliphatic carboxylic acids is 1. The second kappa shape index (κ2) is 6.76. The molecule has 1 atom stereocenters. The second-order valence-corrected chi connectivity index (χ2v) is 6.15. The number of carboxylic acid groups (broad SMARTS) is 1. The Hall–Kier alpha value is -1.54. The summed E-state index contributed by atoms with van der Waals surface area (Å²) in [6, 6.07) is 2.74. The minimum absolute atomic E-state index is 0.113. The topological polar surface area (TPSA) is 86.7 Å². The van der Waals surface area contributed by atoms with E-state index in [-0.39, 0.29) is 24.8 Å². The monoisotopic (exact) mass is 314 g/mol. The summed E-state index contributed by atoms with van der Waals surface area (Å²) >= 11 is 2.75. The van der Waals surface area contributed by atoms with Gasteiger partial charge < -0.3 is 15.3 Å². The van der Waals surface area contributed by atoms with Crippen LogP contribution in [0, 0.1) is 0 Å². The van der Waals surface area contributed by atoms with E-state index >= 15 is 0 Å². The Morgan fingerprint density at radius 1 is 1.45 bits per heavy atom. The first kappa shape index (κ1) is 14.9. The molecule has 1 aromatic rings. The Bertz CT molecular complexity index is 504. The van der Waals surface area contributed by atoms with Crippen molar-refractivity contribution in [2.45, 2.75) is 12.5 Å². The van der Waals surface area contributed by atoms with E-state index in [2.05, 4.69) is 5.32 Å². The van der Waals surface area contributed by atoms with Crippen LogP contribution in [0.4, 0.5) is 0 Å². The van der Waals surface area contributed by atoms with Crippen molar-refractivity contribution in [1.82, 2.24) is 10.2 Å². The lowest BCUT2D eigenvalue weighted by atomic mass is 10.2. The number of thioether (sulfide) groups is 1. The van der Waals surface area contributed by atoms with Crippen LogP contribution in [0.1, 0.15) is 16.1 Å². The summed E-state index contributed by atoms with van der Waals surface area (Å²) < 4.78 is 0. The lowest BCUT2D eigenvalue weighted by Crippen LogP contribution is -2.42. The molecule has 1 aliphatic heterocycles. The number of carboxylic acids is 1. The lowest BCUT2D eigenvalue weighted by Gasteiger charge is -2.20. The molecule has 0 spiro atoms. The Labute approximate surface area is 124 Å². The van der Waals surface area contributed by atoms with Crippen molar-refractivity contribution in [2.75, 3.05) is 18.2 Å². The maximum Gasteiger partial charge on any atom is 0.327 e. The Morgan fingerprint density at radius 3 is 2.90 bits per heavy atom. The van der Waals surface area contributed by atoms with Crippen LogP contribution in [-0.4, -0.2) is 52.0 Å². The van der Waals surface area contributed by atoms with Crippen molar-refractivity contribution in [1.29, 1.82) is 0 Å². The Balaban J connectivity index is 1.78. The van der Waals surface area contributed by atoms with Gasteiger partial charge in [-0.1, -0.05) is 6.07 Å². The number of amides is 2. The Kier molecular flexibility index (Phi) is 5.02. The van der Waals surface area contributed by atoms with Gasteiger partial charge in [-0.2, -0.15) is 0 Å². The molecule has 6 nitrogen and oxygen atoms in total. The van der Waals surface area contributed by atoms with Crippen molar-refractivity contribution < 1.29 is 19.5 Å². The minimum atomic E-state index is -0.981. The molecule has 0 bridgehead atoms. The molecule has 2 heterocycles. The molecule has 1 aromatic heterocycles. The fourth-order valence-corrected chi connectivity index (χ4v) is 3.63. The van der Waals surface area contributed by atoms with Gasteiger partial charge in [0.05, 0.1) is 10.8 Å². The minimum Gasteiger partial charge on any atom is -0.480 e. The molecular formula is C12H14N2O4S2. The summed E-state index contributed by atoms with van der Waals surface area (Å²) in [4.78, 5) is 36.5. The molecule has 1 saturated heterocycles. The van der Waals surface area contributed by atoms with Crippen molar-refractivity contribution in [3.8, 4) is 0 Å². The maximum atomic E-state index is 11.9. The molecule has 2 rings (SSSR count). The summed E-state index contributed by atoms with van der Waals surface area (Å²) in [6.45, 7) is 0.211. The number of carbonyl (C=O) groups is 3. The summed E-state index contributed by atoms with van der Waals surface area (Å²) in [6.07, 6.45) is 0.113. The Morgan fingerprint density at radius 2 is 2.25 bits per heavy atom. The number of hydrogen-bond donors (Lipinski definition) is 2. The van der Waals surface area contributed by atoms with Crippen LogP contribution < -0.4 is 5.32 Å². The molecule has 0 unspecified atom stereocenters. The highest BCUT2D eigenvalue weighted by atomic mass is 32.2. The van der Waals surface area contributed by atoms with E-state index in [0.717, 1.165) is 0 Å². The molecule has 2 N–H and O–H groups in total. The van der Waals surface area contributed by atoms with Gasteiger partial charge in [-0.25, -0.2) is 4.79 Å².